The van der Waals surface area contributed by atoms with Crippen LogP contribution in [0.4, 0.5) is 0 Å². The zero-order valence-electron chi connectivity index (χ0n) is 11.5. The second-order valence-electron chi connectivity index (χ2n) is 4.07. The van der Waals surface area contributed by atoms with Gasteiger partial charge in [-0.2, -0.15) is 4.98 Å². The van der Waals surface area contributed by atoms with Crippen LogP contribution < -0.4 is 15.4 Å². The van der Waals surface area contributed by atoms with Crippen molar-refractivity contribution < 1.29 is 14.3 Å². The summed E-state index contributed by atoms with van der Waals surface area (Å²) >= 11 is 1.54. The molecule has 0 saturated carbocycles. The van der Waals surface area contributed by atoms with Crippen LogP contribution >= 0.6 is 11.3 Å². The zero-order valence-corrected chi connectivity index (χ0v) is 12.3. The van der Waals surface area contributed by atoms with Crippen molar-refractivity contribution in [3.05, 3.63) is 17.3 Å². The first-order valence-corrected chi connectivity index (χ1v) is 7.09. The standard InChI is InChI=1S/C12H18N4O3S/c1-18-5-3-14-10(17)8-13-7-9-11(19-2)15-12-16(9)4-6-20-12/h4,6,13H,3,5,7-8H2,1-2H3,(H,14,17). The number of amides is 1. The van der Waals surface area contributed by atoms with E-state index in [1.807, 2.05) is 16.0 Å². The average molecular weight is 298 g/mol. The van der Waals surface area contributed by atoms with E-state index in [0.29, 0.717) is 25.6 Å². The Bertz CT molecular complexity index is 566. The third kappa shape index (κ3) is 3.47. The Labute approximate surface area is 120 Å². The minimum absolute atomic E-state index is 0.0629. The van der Waals surface area contributed by atoms with Gasteiger partial charge < -0.3 is 20.1 Å². The fourth-order valence-corrected chi connectivity index (χ4v) is 2.51. The van der Waals surface area contributed by atoms with E-state index in [4.69, 9.17) is 9.47 Å². The molecule has 0 spiro atoms. The van der Waals surface area contributed by atoms with Crippen LogP contribution in [-0.4, -0.2) is 49.2 Å². The van der Waals surface area contributed by atoms with Crippen LogP contribution in [0.5, 0.6) is 5.88 Å². The van der Waals surface area contributed by atoms with E-state index in [1.54, 1.807) is 25.6 Å². The summed E-state index contributed by atoms with van der Waals surface area (Å²) in [6, 6.07) is 0. The fraction of sp³-hybridized carbons (Fsp3) is 0.500. The molecular formula is C12H18N4O3S. The molecule has 2 aromatic heterocycles. The first-order valence-electron chi connectivity index (χ1n) is 6.21. The molecule has 1 amide bonds. The number of carbonyl (C=O) groups is 1. The number of nitrogens with one attached hydrogen (secondary N) is 2. The molecule has 110 valence electrons. The van der Waals surface area contributed by atoms with Gasteiger partial charge in [-0.25, -0.2) is 0 Å². The molecule has 0 fully saturated rings. The predicted octanol–water partition coefficient (Wildman–Crippen LogP) is 0.257. The smallest absolute Gasteiger partial charge is 0.237 e. The van der Waals surface area contributed by atoms with Crippen molar-refractivity contribution in [1.82, 2.24) is 20.0 Å². The third-order valence-corrected chi connectivity index (χ3v) is 3.48. The Morgan fingerprint density at radius 3 is 3.10 bits per heavy atom. The number of fused-ring (bicyclic) bond motifs is 1. The average Bonchev–Trinajstić information content (AvgIpc) is 3.01. The number of thiazole rings is 1. The first kappa shape index (κ1) is 14.8. The van der Waals surface area contributed by atoms with Crippen molar-refractivity contribution >= 4 is 22.2 Å². The van der Waals surface area contributed by atoms with Crippen LogP contribution in [0.25, 0.3) is 4.96 Å². The molecule has 0 aromatic carbocycles. The van der Waals surface area contributed by atoms with Crippen molar-refractivity contribution in [2.24, 2.45) is 0 Å². The number of nitrogens with zero attached hydrogens (tertiary/aromatic N) is 2. The lowest BCUT2D eigenvalue weighted by molar-refractivity contribution is -0.120. The summed E-state index contributed by atoms with van der Waals surface area (Å²) in [5.41, 5.74) is 0.911. The third-order valence-electron chi connectivity index (χ3n) is 2.72. The fourth-order valence-electron chi connectivity index (χ4n) is 1.79. The Morgan fingerprint density at radius 2 is 2.35 bits per heavy atom. The highest BCUT2D eigenvalue weighted by molar-refractivity contribution is 7.15. The molecule has 2 N–H and O–H groups in total. The van der Waals surface area contributed by atoms with Crippen LogP contribution in [-0.2, 0) is 16.1 Å². The number of hydrogen-bond acceptors (Lipinski definition) is 6. The van der Waals surface area contributed by atoms with E-state index < -0.39 is 0 Å². The number of hydrogen-bond donors (Lipinski definition) is 2. The number of methoxy groups -OCH3 is 2. The van der Waals surface area contributed by atoms with Crippen LogP contribution in [0.15, 0.2) is 11.6 Å². The Hall–Kier alpha value is -1.64. The van der Waals surface area contributed by atoms with E-state index in [1.165, 1.54) is 0 Å². The second kappa shape index (κ2) is 7.22. The van der Waals surface area contributed by atoms with Crippen molar-refractivity contribution in [1.29, 1.82) is 0 Å². The van der Waals surface area contributed by atoms with Gasteiger partial charge in [0.25, 0.3) is 0 Å². The quantitative estimate of drug-likeness (QED) is 0.684. The van der Waals surface area contributed by atoms with Gasteiger partial charge in [-0.1, -0.05) is 0 Å². The summed E-state index contributed by atoms with van der Waals surface area (Å²) in [6.45, 7) is 1.78. The highest BCUT2D eigenvalue weighted by Gasteiger charge is 2.13. The molecule has 2 heterocycles. The van der Waals surface area contributed by atoms with Crippen LogP contribution in [0.3, 0.4) is 0 Å². The van der Waals surface area contributed by atoms with Crippen molar-refractivity contribution in [3.63, 3.8) is 0 Å². The van der Waals surface area contributed by atoms with Crippen LogP contribution in [0.1, 0.15) is 5.69 Å². The lowest BCUT2D eigenvalue weighted by Gasteiger charge is -2.07. The number of aromatic nitrogens is 2. The molecule has 2 aromatic rings. The topological polar surface area (TPSA) is 76.9 Å². The summed E-state index contributed by atoms with van der Waals surface area (Å²) in [4.78, 5) is 16.8. The molecular weight excluding hydrogens is 280 g/mol. The lowest BCUT2D eigenvalue weighted by atomic mass is 10.4. The van der Waals surface area contributed by atoms with Gasteiger partial charge in [0.1, 0.15) is 5.69 Å². The largest absolute Gasteiger partial charge is 0.480 e. The second-order valence-corrected chi connectivity index (χ2v) is 4.94. The maximum atomic E-state index is 11.5. The van der Waals surface area contributed by atoms with E-state index in [-0.39, 0.29) is 12.5 Å². The van der Waals surface area contributed by atoms with Crippen molar-refractivity contribution in [2.45, 2.75) is 6.54 Å². The van der Waals surface area contributed by atoms with Gasteiger partial charge in [0.2, 0.25) is 11.8 Å². The van der Waals surface area contributed by atoms with Gasteiger partial charge in [0.15, 0.2) is 4.96 Å². The predicted molar refractivity (Wildman–Crippen MR) is 76.2 cm³/mol. The Kier molecular flexibility index (Phi) is 5.33. The summed E-state index contributed by atoms with van der Waals surface area (Å²) in [7, 11) is 3.19. The number of carbonyl (C=O) groups excluding carboxylic acids is 1. The molecule has 8 heteroatoms. The Balaban J connectivity index is 1.86. The van der Waals surface area contributed by atoms with Crippen LogP contribution in [0.2, 0.25) is 0 Å². The molecule has 20 heavy (non-hydrogen) atoms. The molecule has 0 aliphatic heterocycles. The van der Waals surface area contributed by atoms with Gasteiger partial charge >= 0.3 is 0 Å². The molecule has 0 radical (unpaired) electrons. The number of rotatable bonds is 8. The first-order chi connectivity index (χ1) is 9.76. The minimum Gasteiger partial charge on any atom is -0.480 e. The molecule has 0 aliphatic rings. The lowest BCUT2D eigenvalue weighted by Crippen LogP contribution is -2.35. The molecule has 2 rings (SSSR count). The molecule has 0 unspecified atom stereocenters. The van der Waals surface area contributed by atoms with Crippen LogP contribution in [0, 0.1) is 0 Å². The van der Waals surface area contributed by atoms with Crippen molar-refractivity contribution in [2.75, 3.05) is 33.9 Å². The monoisotopic (exact) mass is 298 g/mol. The zero-order chi connectivity index (χ0) is 14.4. The highest BCUT2D eigenvalue weighted by Crippen LogP contribution is 2.22. The summed E-state index contributed by atoms with van der Waals surface area (Å²) < 4.78 is 12.1. The van der Waals surface area contributed by atoms with Gasteiger partial charge in [-0.3, -0.25) is 9.20 Å². The maximum Gasteiger partial charge on any atom is 0.237 e. The van der Waals surface area contributed by atoms with E-state index >= 15 is 0 Å². The van der Waals surface area contributed by atoms with E-state index in [2.05, 4.69) is 15.6 Å². The van der Waals surface area contributed by atoms with Gasteiger partial charge in [-0.05, 0) is 0 Å². The van der Waals surface area contributed by atoms with E-state index in [9.17, 15) is 4.79 Å². The Morgan fingerprint density at radius 1 is 1.50 bits per heavy atom. The molecule has 0 aliphatic carbocycles. The van der Waals surface area contributed by atoms with E-state index in [0.717, 1.165) is 10.7 Å². The van der Waals surface area contributed by atoms with Crippen molar-refractivity contribution in [3.8, 4) is 5.88 Å². The summed E-state index contributed by atoms with van der Waals surface area (Å²) in [5, 5.41) is 7.79. The number of ether oxygens (including phenoxy) is 2. The summed E-state index contributed by atoms with van der Waals surface area (Å²) in [6.07, 6.45) is 1.94. The SMILES string of the molecule is COCCNC(=O)CNCc1c(OC)nc2sccn12. The molecule has 0 saturated heterocycles. The molecule has 0 atom stereocenters. The number of imidazole rings is 1. The normalized spacial score (nSPS) is 10.9. The summed E-state index contributed by atoms with van der Waals surface area (Å²) in [5.74, 6) is 0.524. The maximum absolute atomic E-state index is 11.5. The highest BCUT2D eigenvalue weighted by atomic mass is 32.1. The minimum atomic E-state index is -0.0629. The molecule has 0 bridgehead atoms. The van der Waals surface area contributed by atoms with Gasteiger partial charge in [0.05, 0.1) is 20.3 Å². The van der Waals surface area contributed by atoms with Gasteiger partial charge in [-0.15, -0.1) is 11.3 Å². The molecule has 7 nitrogen and oxygen atoms in total. The van der Waals surface area contributed by atoms with Gasteiger partial charge in [0, 0.05) is 31.8 Å².